The van der Waals surface area contributed by atoms with Gasteiger partial charge in [-0.25, -0.2) is 14.8 Å². The van der Waals surface area contributed by atoms with Gasteiger partial charge in [-0.1, -0.05) is 31.0 Å². The van der Waals surface area contributed by atoms with Crippen LogP contribution in [0.4, 0.5) is 22.1 Å². The van der Waals surface area contributed by atoms with E-state index in [4.69, 9.17) is 10.7 Å². The first kappa shape index (κ1) is 27.8. The van der Waals surface area contributed by atoms with E-state index in [0.717, 1.165) is 36.5 Å². The van der Waals surface area contributed by atoms with Crippen LogP contribution in [0.2, 0.25) is 0 Å². The van der Waals surface area contributed by atoms with Crippen molar-refractivity contribution in [2.45, 2.75) is 39.2 Å². The Morgan fingerprint density at radius 1 is 0.949 bits per heavy atom. The van der Waals surface area contributed by atoms with E-state index in [1.54, 1.807) is 12.3 Å². The summed E-state index contributed by atoms with van der Waals surface area (Å²) < 4.78 is 0. The van der Waals surface area contributed by atoms with Gasteiger partial charge < -0.3 is 31.9 Å². The third kappa shape index (κ3) is 8.41. The van der Waals surface area contributed by atoms with Crippen LogP contribution in [-0.2, 0) is 6.54 Å². The number of carbonyl (C=O) groups is 2. The summed E-state index contributed by atoms with van der Waals surface area (Å²) in [5.74, 6) is 0.868. The second-order valence-corrected chi connectivity index (χ2v) is 9.61. The van der Waals surface area contributed by atoms with E-state index in [1.165, 1.54) is 25.7 Å². The molecule has 206 valence electrons. The fourth-order valence-electron chi connectivity index (χ4n) is 4.51. The first-order valence-electron chi connectivity index (χ1n) is 13.6. The minimum Gasteiger partial charge on any atom is -0.384 e. The molecular weight excluding hydrogens is 492 g/mol. The maximum atomic E-state index is 12.9. The summed E-state index contributed by atoms with van der Waals surface area (Å²) in [6.07, 6.45) is 6.69. The average molecular weight is 531 g/mol. The Bertz CT molecular complexity index is 1220. The average Bonchev–Trinajstić information content (AvgIpc) is 3.22. The maximum absolute atomic E-state index is 12.9. The van der Waals surface area contributed by atoms with E-state index in [0.29, 0.717) is 42.5 Å². The number of rotatable bonds is 10. The monoisotopic (exact) mass is 530 g/mol. The highest BCUT2D eigenvalue weighted by atomic mass is 16.2. The number of aromatic nitrogens is 2. The first-order valence-corrected chi connectivity index (χ1v) is 13.6. The largest absolute Gasteiger partial charge is 0.384 e. The van der Waals surface area contributed by atoms with Crippen molar-refractivity contribution in [3.05, 3.63) is 65.9 Å². The van der Waals surface area contributed by atoms with Crippen LogP contribution in [0.15, 0.2) is 54.7 Å². The second kappa shape index (κ2) is 14.1. The molecule has 0 aliphatic carbocycles. The summed E-state index contributed by atoms with van der Waals surface area (Å²) in [4.78, 5) is 36.4. The van der Waals surface area contributed by atoms with Gasteiger partial charge in [0.2, 0.25) is 0 Å². The number of amides is 3. The van der Waals surface area contributed by atoms with Crippen molar-refractivity contribution < 1.29 is 9.59 Å². The smallest absolute Gasteiger partial charge is 0.319 e. The molecule has 1 aromatic carbocycles. The van der Waals surface area contributed by atoms with Crippen molar-refractivity contribution in [2.24, 2.45) is 0 Å². The number of nitrogens with one attached hydrogen (secondary N) is 4. The molecule has 39 heavy (non-hydrogen) atoms. The van der Waals surface area contributed by atoms with Gasteiger partial charge in [0.15, 0.2) is 0 Å². The number of carbonyl (C=O) groups excluding carboxylic acids is 2. The van der Waals surface area contributed by atoms with Crippen LogP contribution in [-0.4, -0.2) is 59.5 Å². The molecule has 3 heterocycles. The van der Waals surface area contributed by atoms with E-state index in [1.807, 2.05) is 49.4 Å². The van der Waals surface area contributed by atoms with Gasteiger partial charge in [-0.3, -0.25) is 4.79 Å². The molecule has 0 atom stereocenters. The fourth-order valence-corrected chi connectivity index (χ4v) is 4.51. The van der Waals surface area contributed by atoms with Crippen LogP contribution < -0.4 is 27.0 Å². The predicted molar refractivity (Wildman–Crippen MR) is 156 cm³/mol. The van der Waals surface area contributed by atoms with Gasteiger partial charge in [-0.05, 0) is 68.8 Å². The van der Waals surface area contributed by atoms with E-state index in [2.05, 4.69) is 31.2 Å². The quantitative estimate of drug-likeness (QED) is 0.266. The molecule has 0 spiro atoms. The zero-order chi connectivity index (χ0) is 27.5. The maximum Gasteiger partial charge on any atom is 0.319 e. The van der Waals surface area contributed by atoms with Gasteiger partial charge >= 0.3 is 6.03 Å². The van der Waals surface area contributed by atoms with Gasteiger partial charge in [0.25, 0.3) is 5.91 Å². The van der Waals surface area contributed by atoms with Gasteiger partial charge in [-0.2, -0.15) is 0 Å². The molecule has 6 N–H and O–H groups in total. The molecule has 1 aliphatic rings. The lowest BCUT2D eigenvalue weighted by molar-refractivity contribution is 0.0949. The number of pyridine rings is 2. The topological polar surface area (TPSA) is 137 Å². The van der Waals surface area contributed by atoms with E-state index in [9.17, 15) is 9.59 Å². The fraction of sp³-hybridized carbons (Fsp3) is 0.379. The highest BCUT2D eigenvalue weighted by Crippen LogP contribution is 2.24. The molecule has 1 aliphatic heterocycles. The summed E-state index contributed by atoms with van der Waals surface area (Å²) >= 11 is 0. The van der Waals surface area contributed by atoms with Crippen LogP contribution in [0, 0.1) is 0 Å². The molecule has 0 unspecified atom stereocenters. The molecule has 0 radical (unpaired) electrons. The van der Waals surface area contributed by atoms with Crippen molar-refractivity contribution in [1.82, 2.24) is 25.5 Å². The second-order valence-electron chi connectivity index (χ2n) is 9.61. The Labute approximate surface area is 229 Å². The molecule has 2 aromatic heterocycles. The van der Waals surface area contributed by atoms with Crippen LogP contribution >= 0.6 is 0 Å². The number of hydrogen-bond donors (Lipinski definition) is 5. The van der Waals surface area contributed by atoms with Crippen molar-refractivity contribution in [2.75, 3.05) is 49.1 Å². The number of nitrogens with zero attached hydrogens (tertiary/aromatic N) is 3. The van der Waals surface area contributed by atoms with Gasteiger partial charge in [0.1, 0.15) is 11.6 Å². The number of nitrogen functional groups attached to an aromatic ring is 1. The zero-order valence-corrected chi connectivity index (χ0v) is 22.5. The van der Waals surface area contributed by atoms with Crippen LogP contribution in [0.1, 0.15) is 48.5 Å². The van der Waals surface area contributed by atoms with E-state index >= 15 is 0 Å². The molecule has 3 amide bonds. The summed E-state index contributed by atoms with van der Waals surface area (Å²) in [6, 6.07) is 14.3. The zero-order valence-electron chi connectivity index (χ0n) is 22.5. The minimum atomic E-state index is -0.321. The Balaban J connectivity index is 1.33. The third-order valence-electron chi connectivity index (χ3n) is 6.64. The normalized spacial score (nSPS) is 13.8. The predicted octanol–water partition coefficient (Wildman–Crippen LogP) is 4.09. The van der Waals surface area contributed by atoms with Crippen molar-refractivity contribution in [1.29, 1.82) is 0 Å². The standard InChI is InChI=1S/C29H38N8O2/c1-2-31-27-24(28(38)32-15-18-37-16-5-3-4-6-17-37)12-13-25(36-27)22-8-10-23(11-9-22)35-29(39)34-20-21-7-14-26(30)33-19-21/h7-14,19H,2-6,15-18,20H2,1H3,(H2,30,33)(H,31,36)(H,32,38)(H2,34,35,39). The first-order chi connectivity index (χ1) is 19.0. The van der Waals surface area contributed by atoms with Crippen LogP contribution in [0.5, 0.6) is 0 Å². The molecule has 1 saturated heterocycles. The third-order valence-corrected chi connectivity index (χ3v) is 6.64. The highest BCUT2D eigenvalue weighted by Gasteiger charge is 2.15. The van der Waals surface area contributed by atoms with Crippen LogP contribution in [0.25, 0.3) is 11.3 Å². The number of nitrogens with two attached hydrogens (primary N) is 1. The van der Waals surface area contributed by atoms with Crippen LogP contribution in [0.3, 0.4) is 0 Å². The van der Waals surface area contributed by atoms with Gasteiger partial charge in [-0.15, -0.1) is 0 Å². The van der Waals surface area contributed by atoms with E-state index in [-0.39, 0.29) is 11.9 Å². The van der Waals surface area contributed by atoms with E-state index < -0.39 is 0 Å². The molecular formula is C29H38N8O2. The summed E-state index contributed by atoms with van der Waals surface area (Å²) in [7, 11) is 0. The molecule has 10 heteroatoms. The Hall–Kier alpha value is -4.18. The van der Waals surface area contributed by atoms with Gasteiger partial charge in [0, 0.05) is 43.6 Å². The molecule has 10 nitrogen and oxygen atoms in total. The molecule has 1 fully saturated rings. The molecule has 4 rings (SSSR count). The number of urea groups is 1. The number of likely N-dealkylation sites (tertiary alicyclic amines) is 1. The van der Waals surface area contributed by atoms with Crippen molar-refractivity contribution in [3.8, 4) is 11.3 Å². The summed E-state index contributed by atoms with van der Waals surface area (Å²) in [5, 5.41) is 11.9. The Morgan fingerprint density at radius 2 is 1.72 bits per heavy atom. The van der Waals surface area contributed by atoms with Gasteiger partial charge in [0.05, 0.1) is 11.3 Å². The molecule has 3 aromatic rings. The summed E-state index contributed by atoms with van der Waals surface area (Å²) in [5.41, 5.74) is 9.24. The lowest BCUT2D eigenvalue weighted by Gasteiger charge is -2.20. The highest BCUT2D eigenvalue weighted by molar-refractivity contribution is 5.99. The SMILES string of the molecule is CCNc1nc(-c2ccc(NC(=O)NCc3ccc(N)nc3)cc2)ccc1C(=O)NCCN1CCCCCC1. The number of benzene rings is 1. The molecule has 0 saturated carbocycles. The Morgan fingerprint density at radius 3 is 2.41 bits per heavy atom. The number of anilines is 3. The summed E-state index contributed by atoms with van der Waals surface area (Å²) in [6.45, 7) is 6.66. The van der Waals surface area contributed by atoms with Crippen molar-refractivity contribution in [3.63, 3.8) is 0 Å². The lowest BCUT2D eigenvalue weighted by atomic mass is 10.1. The Kier molecular flexibility index (Phi) is 10.1. The van der Waals surface area contributed by atoms with Crippen molar-refractivity contribution >= 4 is 29.3 Å². The minimum absolute atomic E-state index is 0.125. The number of hydrogen-bond acceptors (Lipinski definition) is 7. The lowest BCUT2D eigenvalue weighted by Crippen LogP contribution is -2.35. The molecule has 0 bridgehead atoms.